The minimum atomic E-state index is 0.0896. The Bertz CT molecular complexity index is 342. The Morgan fingerprint density at radius 3 is 2.44 bits per heavy atom. The summed E-state index contributed by atoms with van der Waals surface area (Å²) in [7, 11) is 6.34. The maximum atomic E-state index is 11.8. The molecule has 0 bridgehead atoms. The molecule has 0 spiro atoms. The second-order valence-electron chi connectivity index (χ2n) is 6.52. The van der Waals surface area contributed by atoms with Gasteiger partial charge in [0.05, 0.1) is 0 Å². The molecule has 1 aliphatic heterocycles. The highest BCUT2D eigenvalue weighted by atomic mass is 16.1. The lowest BCUT2D eigenvalue weighted by Crippen LogP contribution is -2.45. The summed E-state index contributed by atoms with van der Waals surface area (Å²) >= 11 is 0. The third-order valence-electron chi connectivity index (χ3n) is 4.47. The van der Waals surface area contributed by atoms with Crippen LogP contribution in [0.4, 0.5) is 0 Å². The summed E-state index contributed by atoms with van der Waals surface area (Å²) in [5.74, 6) is 0.899. The van der Waals surface area contributed by atoms with E-state index in [9.17, 15) is 4.79 Å². The van der Waals surface area contributed by atoms with Crippen molar-refractivity contribution in [1.29, 1.82) is 0 Å². The van der Waals surface area contributed by atoms with Gasteiger partial charge in [-0.3, -0.25) is 4.79 Å². The normalized spacial score (nSPS) is 23.5. The molecule has 1 fully saturated rings. The van der Waals surface area contributed by atoms with Crippen LogP contribution in [0.3, 0.4) is 0 Å². The molecule has 0 aromatic rings. The standard InChI is InChI=1S/C15H28N2O/c1-11(2)14(18)9-13-8-12(10-17(13)7)15(3,4)16(5)6/h9,11-12H,8,10H2,1-7H3/b13-9+. The SMILES string of the molecule is CC(C)C(=O)/C=C1\CC(C(C)(C)N(C)C)CN1C. The number of nitrogens with zero attached hydrogens (tertiary/aromatic N) is 2. The molecule has 1 saturated heterocycles. The van der Waals surface area contributed by atoms with E-state index in [0.717, 1.165) is 13.0 Å². The van der Waals surface area contributed by atoms with Gasteiger partial charge in [0.25, 0.3) is 0 Å². The van der Waals surface area contributed by atoms with E-state index in [1.54, 1.807) is 0 Å². The van der Waals surface area contributed by atoms with Gasteiger partial charge in [0.15, 0.2) is 5.78 Å². The maximum Gasteiger partial charge on any atom is 0.159 e. The molecule has 3 nitrogen and oxygen atoms in total. The molecule has 0 radical (unpaired) electrons. The zero-order valence-electron chi connectivity index (χ0n) is 12.9. The van der Waals surface area contributed by atoms with Gasteiger partial charge in [-0.1, -0.05) is 13.8 Å². The molecular weight excluding hydrogens is 224 g/mol. The predicted octanol–water partition coefficient (Wildman–Crippen LogP) is 2.39. The first-order valence-corrected chi connectivity index (χ1v) is 6.79. The Labute approximate surface area is 112 Å². The van der Waals surface area contributed by atoms with Crippen LogP contribution in [-0.2, 0) is 4.79 Å². The number of rotatable bonds is 4. The highest BCUT2D eigenvalue weighted by Crippen LogP contribution is 2.35. The number of hydrogen-bond donors (Lipinski definition) is 0. The Kier molecular flexibility index (Phi) is 4.60. The van der Waals surface area contributed by atoms with Crippen LogP contribution in [0.1, 0.15) is 34.1 Å². The average molecular weight is 252 g/mol. The minimum Gasteiger partial charge on any atom is -0.377 e. The van der Waals surface area contributed by atoms with E-state index in [2.05, 4.69) is 44.8 Å². The van der Waals surface area contributed by atoms with E-state index in [1.807, 2.05) is 19.9 Å². The average Bonchev–Trinajstić information content (AvgIpc) is 2.60. The molecule has 0 aromatic carbocycles. The quantitative estimate of drug-likeness (QED) is 0.718. The molecule has 3 heteroatoms. The molecule has 0 amide bonds. The Balaban J connectivity index is 2.82. The van der Waals surface area contributed by atoms with Gasteiger partial charge in [-0.05, 0) is 40.3 Å². The molecule has 0 saturated carbocycles. The summed E-state index contributed by atoms with van der Waals surface area (Å²) in [5, 5.41) is 0. The molecule has 1 unspecified atom stereocenters. The van der Waals surface area contributed by atoms with Gasteiger partial charge < -0.3 is 9.80 Å². The molecule has 0 aliphatic carbocycles. The Morgan fingerprint density at radius 2 is 2.00 bits per heavy atom. The zero-order valence-corrected chi connectivity index (χ0v) is 12.9. The van der Waals surface area contributed by atoms with Crippen molar-refractivity contribution < 1.29 is 4.79 Å². The van der Waals surface area contributed by atoms with Crippen molar-refractivity contribution >= 4 is 5.78 Å². The monoisotopic (exact) mass is 252 g/mol. The first-order chi connectivity index (χ1) is 8.16. The fraction of sp³-hybridized carbons (Fsp3) is 0.800. The maximum absolute atomic E-state index is 11.8. The predicted molar refractivity (Wildman–Crippen MR) is 76.4 cm³/mol. The van der Waals surface area contributed by atoms with Crippen LogP contribution in [0, 0.1) is 11.8 Å². The van der Waals surface area contributed by atoms with Gasteiger partial charge in [-0.25, -0.2) is 0 Å². The van der Waals surface area contributed by atoms with Crippen LogP contribution in [-0.4, -0.2) is 48.8 Å². The molecule has 1 aliphatic rings. The number of hydrogen-bond acceptors (Lipinski definition) is 3. The molecule has 1 atom stereocenters. The van der Waals surface area contributed by atoms with Gasteiger partial charge >= 0.3 is 0 Å². The van der Waals surface area contributed by atoms with Crippen molar-refractivity contribution in [3.63, 3.8) is 0 Å². The summed E-state index contributed by atoms with van der Waals surface area (Å²) in [6.07, 6.45) is 2.84. The van der Waals surface area contributed by atoms with Gasteiger partial charge in [0.2, 0.25) is 0 Å². The fourth-order valence-corrected chi connectivity index (χ4v) is 2.26. The third kappa shape index (κ3) is 3.14. The summed E-state index contributed by atoms with van der Waals surface area (Å²) in [5.41, 5.74) is 1.35. The van der Waals surface area contributed by atoms with E-state index in [0.29, 0.717) is 5.92 Å². The summed E-state index contributed by atoms with van der Waals surface area (Å²) in [6, 6.07) is 0. The smallest absolute Gasteiger partial charge is 0.159 e. The molecule has 18 heavy (non-hydrogen) atoms. The van der Waals surface area contributed by atoms with Crippen molar-refractivity contribution in [2.75, 3.05) is 27.7 Å². The number of carbonyl (C=O) groups is 1. The van der Waals surface area contributed by atoms with E-state index in [4.69, 9.17) is 0 Å². The Hall–Kier alpha value is -0.830. The second-order valence-corrected chi connectivity index (χ2v) is 6.52. The van der Waals surface area contributed by atoms with E-state index in [-0.39, 0.29) is 17.2 Å². The lowest BCUT2D eigenvalue weighted by molar-refractivity contribution is -0.117. The summed E-state index contributed by atoms with van der Waals surface area (Å²) in [6.45, 7) is 9.49. The largest absolute Gasteiger partial charge is 0.377 e. The van der Waals surface area contributed by atoms with Crippen LogP contribution in [0.15, 0.2) is 11.8 Å². The molecule has 1 heterocycles. The van der Waals surface area contributed by atoms with E-state index < -0.39 is 0 Å². The molecule has 1 rings (SSSR count). The van der Waals surface area contributed by atoms with E-state index >= 15 is 0 Å². The Morgan fingerprint density at radius 1 is 1.44 bits per heavy atom. The lowest BCUT2D eigenvalue weighted by atomic mass is 9.85. The van der Waals surface area contributed by atoms with Crippen molar-refractivity contribution in [2.45, 2.75) is 39.7 Å². The van der Waals surface area contributed by atoms with Gasteiger partial charge in [0, 0.05) is 36.8 Å². The second kappa shape index (κ2) is 5.43. The molecular formula is C15H28N2O. The van der Waals surface area contributed by atoms with Crippen LogP contribution >= 0.6 is 0 Å². The minimum absolute atomic E-state index is 0.0896. The summed E-state index contributed by atoms with van der Waals surface area (Å²) < 4.78 is 0. The highest BCUT2D eigenvalue weighted by Gasteiger charge is 2.37. The third-order valence-corrected chi connectivity index (χ3v) is 4.47. The number of ketones is 1. The number of carbonyl (C=O) groups excluding carboxylic acids is 1. The molecule has 104 valence electrons. The van der Waals surface area contributed by atoms with Crippen molar-refractivity contribution in [3.8, 4) is 0 Å². The van der Waals surface area contributed by atoms with Crippen LogP contribution in [0.25, 0.3) is 0 Å². The van der Waals surface area contributed by atoms with Crippen molar-refractivity contribution in [3.05, 3.63) is 11.8 Å². The van der Waals surface area contributed by atoms with Gasteiger partial charge in [0.1, 0.15) is 0 Å². The number of likely N-dealkylation sites (tertiary alicyclic amines) is 1. The summed E-state index contributed by atoms with van der Waals surface area (Å²) in [4.78, 5) is 16.3. The van der Waals surface area contributed by atoms with Gasteiger partial charge in [-0.2, -0.15) is 0 Å². The van der Waals surface area contributed by atoms with Crippen LogP contribution < -0.4 is 0 Å². The van der Waals surface area contributed by atoms with Crippen LogP contribution in [0.5, 0.6) is 0 Å². The van der Waals surface area contributed by atoms with Crippen LogP contribution in [0.2, 0.25) is 0 Å². The number of allylic oxidation sites excluding steroid dienone is 2. The zero-order chi connectivity index (χ0) is 14.1. The first-order valence-electron chi connectivity index (χ1n) is 6.79. The topological polar surface area (TPSA) is 23.6 Å². The molecule has 0 N–H and O–H groups in total. The fourth-order valence-electron chi connectivity index (χ4n) is 2.26. The van der Waals surface area contributed by atoms with E-state index in [1.165, 1.54) is 5.70 Å². The first kappa shape index (κ1) is 15.2. The highest BCUT2D eigenvalue weighted by molar-refractivity contribution is 5.91. The molecule has 0 aromatic heterocycles. The van der Waals surface area contributed by atoms with Crippen molar-refractivity contribution in [1.82, 2.24) is 9.80 Å². The van der Waals surface area contributed by atoms with Crippen molar-refractivity contribution in [2.24, 2.45) is 11.8 Å². The van der Waals surface area contributed by atoms with Gasteiger partial charge in [-0.15, -0.1) is 0 Å². The lowest BCUT2D eigenvalue weighted by Gasteiger charge is -2.38.